The van der Waals surface area contributed by atoms with E-state index in [4.69, 9.17) is 14.2 Å². The number of guanidine groups is 1. The lowest BCUT2D eigenvalue weighted by Gasteiger charge is -2.31. The van der Waals surface area contributed by atoms with Gasteiger partial charge in [-0.05, 0) is 36.1 Å². The number of benzene rings is 2. The van der Waals surface area contributed by atoms with E-state index in [-0.39, 0.29) is 0 Å². The number of rotatable bonds is 6. The normalized spacial score (nSPS) is 14.3. The molecule has 1 aliphatic rings. The first kappa shape index (κ1) is 21.6. The quantitative estimate of drug-likeness (QED) is 0.578. The highest BCUT2D eigenvalue weighted by Crippen LogP contribution is 2.38. The summed E-state index contributed by atoms with van der Waals surface area (Å²) in [5.74, 6) is 2.80. The molecule has 1 aliphatic heterocycles. The molecule has 2 aromatic carbocycles. The molecule has 0 aliphatic carbocycles. The number of nitrogens with zero attached hydrogens (tertiary/aromatic N) is 2. The van der Waals surface area contributed by atoms with Gasteiger partial charge < -0.3 is 24.4 Å². The van der Waals surface area contributed by atoms with Crippen LogP contribution in [0.4, 0.5) is 0 Å². The number of ether oxygens (including phenoxy) is 3. The maximum atomic E-state index is 5.45. The summed E-state index contributed by atoms with van der Waals surface area (Å²) >= 11 is 0. The van der Waals surface area contributed by atoms with Crippen LogP contribution in [0.3, 0.4) is 0 Å². The van der Waals surface area contributed by atoms with Gasteiger partial charge in [-0.25, -0.2) is 0 Å². The largest absolute Gasteiger partial charge is 0.493 e. The standard InChI is InChI=1S/C24H31N3O3/c1-25-24(26-17-20-15-21(28-2)23(30-4)22(16-20)29-3)27-12-10-19(11-13-27)14-18-8-6-5-7-9-18/h5-9,14-16H,10-13,17H2,1-4H3,(H,25,26). The van der Waals surface area contributed by atoms with E-state index >= 15 is 0 Å². The highest BCUT2D eigenvalue weighted by molar-refractivity contribution is 5.80. The van der Waals surface area contributed by atoms with Crippen molar-refractivity contribution in [2.24, 2.45) is 4.99 Å². The van der Waals surface area contributed by atoms with E-state index in [1.54, 1.807) is 21.3 Å². The third kappa shape index (κ3) is 5.26. The van der Waals surface area contributed by atoms with E-state index in [1.165, 1.54) is 11.1 Å². The van der Waals surface area contributed by atoms with Gasteiger partial charge in [-0.2, -0.15) is 0 Å². The van der Waals surface area contributed by atoms with Gasteiger partial charge >= 0.3 is 0 Å². The predicted molar refractivity (Wildman–Crippen MR) is 122 cm³/mol. The van der Waals surface area contributed by atoms with E-state index in [2.05, 4.69) is 45.6 Å². The van der Waals surface area contributed by atoms with Crippen LogP contribution >= 0.6 is 0 Å². The molecule has 0 saturated carbocycles. The van der Waals surface area contributed by atoms with E-state index in [0.717, 1.165) is 37.5 Å². The van der Waals surface area contributed by atoms with Crippen molar-refractivity contribution in [1.82, 2.24) is 10.2 Å². The second-order valence-electron chi connectivity index (χ2n) is 7.13. The average Bonchev–Trinajstić information content (AvgIpc) is 2.80. The Morgan fingerprint density at radius 2 is 1.63 bits per heavy atom. The van der Waals surface area contributed by atoms with Crippen molar-refractivity contribution in [3.63, 3.8) is 0 Å². The molecular weight excluding hydrogens is 378 g/mol. The highest BCUT2D eigenvalue weighted by atomic mass is 16.5. The third-order valence-electron chi connectivity index (χ3n) is 5.26. The van der Waals surface area contributed by atoms with Gasteiger partial charge in [0.25, 0.3) is 0 Å². The van der Waals surface area contributed by atoms with Crippen molar-refractivity contribution in [1.29, 1.82) is 0 Å². The fraction of sp³-hybridized carbons (Fsp3) is 0.375. The SMILES string of the molecule is CN=C(NCc1cc(OC)c(OC)c(OC)c1)N1CCC(=Cc2ccccc2)CC1. The van der Waals surface area contributed by atoms with Crippen LogP contribution < -0.4 is 19.5 Å². The van der Waals surface area contributed by atoms with Gasteiger partial charge in [-0.15, -0.1) is 0 Å². The van der Waals surface area contributed by atoms with E-state index in [9.17, 15) is 0 Å². The zero-order valence-corrected chi connectivity index (χ0v) is 18.3. The summed E-state index contributed by atoms with van der Waals surface area (Å²) in [5, 5.41) is 3.46. The summed E-state index contributed by atoms with van der Waals surface area (Å²) in [6.45, 7) is 2.52. The summed E-state index contributed by atoms with van der Waals surface area (Å²) in [7, 11) is 6.69. The number of hydrogen-bond donors (Lipinski definition) is 1. The Kier molecular flexibility index (Phi) is 7.60. The predicted octanol–water partition coefficient (Wildman–Crippen LogP) is 3.97. The number of likely N-dealkylation sites (tertiary alicyclic amines) is 1. The van der Waals surface area contributed by atoms with Crippen LogP contribution in [0, 0.1) is 0 Å². The van der Waals surface area contributed by atoms with Gasteiger partial charge in [-0.3, -0.25) is 4.99 Å². The Balaban J connectivity index is 1.61. The zero-order valence-electron chi connectivity index (χ0n) is 18.3. The minimum atomic E-state index is 0.599. The molecule has 0 bridgehead atoms. The molecule has 1 fully saturated rings. The monoisotopic (exact) mass is 409 g/mol. The Morgan fingerprint density at radius 1 is 1.00 bits per heavy atom. The van der Waals surface area contributed by atoms with Crippen LogP contribution in [-0.2, 0) is 6.54 Å². The zero-order chi connectivity index (χ0) is 21.3. The Labute approximate surface area is 179 Å². The van der Waals surface area contributed by atoms with Crippen molar-refractivity contribution in [3.05, 3.63) is 59.2 Å². The Bertz CT molecular complexity index is 859. The molecule has 160 valence electrons. The van der Waals surface area contributed by atoms with Crippen LogP contribution in [0.15, 0.2) is 53.0 Å². The van der Waals surface area contributed by atoms with Crippen LogP contribution in [0.25, 0.3) is 6.08 Å². The first-order valence-electron chi connectivity index (χ1n) is 10.2. The first-order chi connectivity index (χ1) is 14.7. The molecule has 0 atom stereocenters. The Hall–Kier alpha value is -3.15. The molecule has 0 aromatic heterocycles. The number of hydrogen-bond acceptors (Lipinski definition) is 4. The molecule has 2 aromatic rings. The van der Waals surface area contributed by atoms with Crippen LogP contribution in [0.1, 0.15) is 24.0 Å². The van der Waals surface area contributed by atoms with E-state index in [0.29, 0.717) is 23.8 Å². The second-order valence-corrected chi connectivity index (χ2v) is 7.13. The van der Waals surface area contributed by atoms with Crippen molar-refractivity contribution in [3.8, 4) is 17.2 Å². The molecule has 0 radical (unpaired) electrons. The molecule has 0 unspecified atom stereocenters. The lowest BCUT2D eigenvalue weighted by atomic mass is 10.0. The van der Waals surface area contributed by atoms with Gasteiger partial charge in [0, 0.05) is 26.7 Å². The van der Waals surface area contributed by atoms with Crippen molar-refractivity contribution >= 4 is 12.0 Å². The number of nitrogens with one attached hydrogen (secondary N) is 1. The van der Waals surface area contributed by atoms with Gasteiger partial charge in [-0.1, -0.05) is 42.0 Å². The van der Waals surface area contributed by atoms with Crippen LogP contribution in [-0.4, -0.2) is 52.3 Å². The van der Waals surface area contributed by atoms with Gasteiger partial charge in [0.15, 0.2) is 17.5 Å². The van der Waals surface area contributed by atoms with Crippen molar-refractivity contribution in [2.75, 3.05) is 41.5 Å². The smallest absolute Gasteiger partial charge is 0.203 e. The lowest BCUT2D eigenvalue weighted by molar-refractivity contribution is 0.323. The molecular formula is C24H31N3O3. The van der Waals surface area contributed by atoms with Crippen molar-refractivity contribution < 1.29 is 14.2 Å². The number of methoxy groups -OCH3 is 3. The maximum Gasteiger partial charge on any atom is 0.203 e. The topological polar surface area (TPSA) is 55.3 Å². The second kappa shape index (κ2) is 10.6. The van der Waals surface area contributed by atoms with E-state index in [1.807, 2.05) is 25.2 Å². The maximum absolute atomic E-state index is 5.45. The first-order valence-corrected chi connectivity index (χ1v) is 10.2. The highest BCUT2D eigenvalue weighted by Gasteiger charge is 2.18. The minimum absolute atomic E-state index is 0.599. The summed E-state index contributed by atoms with van der Waals surface area (Å²) in [6.07, 6.45) is 4.39. The van der Waals surface area contributed by atoms with Crippen LogP contribution in [0.2, 0.25) is 0 Å². The molecule has 30 heavy (non-hydrogen) atoms. The average molecular weight is 410 g/mol. The summed E-state index contributed by atoms with van der Waals surface area (Å²) in [5.41, 5.74) is 3.79. The number of aliphatic imine (C=N–C) groups is 1. The Morgan fingerprint density at radius 3 is 2.17 bits per heavy atom. The molecule has 1 N–H and O–H groups in total. The van der Waals surface area contributed by atoms with E-state index < -0.39 is 0 Å². The minimum Gasteiger partial charge on any atom is -0.493 e. The molecule has 6 nitrogen and oxygen atoms in total. The molecule has 6 heteroatoms. The van der Waals surface area contributed by atoms with Crippen LogP contribution in [0.5, 0.6) is 17.2 Å². The molecule has 1 heterocycles. The number of piperidine rings is 1. The fourth-order valence-electron chi connectivity index (χ4n) is 3.69. The van der Waals surface area contributed by atoms with Gasteiger partial charge in [0.05, 0.1) is 21.3 Å². The molecule has 0 amide bonds. The summed E-state index contributed by atoms with van der Waals surface area (Å²) in [4.78, 5) is 6.79. The fourth-order valence-corrected chi connectivity index (χ4v) is 3.69. The lowest BCUT2D eigenvalue weighted by Crippen LogP contribution is -2.44. The van der Waals surface area contributed by atoms with Gasteiger partial charge in [0.1, 0.15) is 0 Å². The molecule has 0 spiro atoms. The van der Waals surface area contributed by atoms with Crippen molar-refractivity contribution in [2.45, 2.75) is 19.4 Å². The molecule has 1 saturated heterocycles. The summed E-state index contributed by atoms with van der Waals surface area (Å²) in [6, 6.07) is 14.4. The van der Waals surface area contributed by atoms with Gasteiger partial charge in [0.2, 0.25) is 5.75 Å². The third-order valence-corrected chi connectivity index (χ3v) is 5.26. The summed E-state index contributed by atoms with van der Waals surface area (Å²) < 4.78 is 16.3. The molecule has 3 rings (SSSR count).